The van der Waals surface area contributed by atoms with Crippen LogP contribution in [-0.4, -0.2) is 40.7 Å². The fraction of sp³-hybridized carbons (Fsp3) is 0.750. The third-order valence-corrected chi connectivity index (χ3v) is 4.51. The van der Waals surface area contributed by atoms with Crippen LogP contribution in [0.2, 0.25) is 0 Å². The summed E-state index contributed by atoms with van der Waals surface area (Å²) in [5.74, 6) is 0.454. The fourth-order valence-electron chi connectivity index (χ4n) is 2.44. The molecule has 17 heavy (non-hydrogen) atoms. The molecule has 0 aromatic carbocycles. The van der Waals surface area contributed by atoms with Crippen LogP contribution in [-0.2, 0) is 6.54 Å². The van der Waals surface area contributed by atoms with Crippen molar-refractivity contribution in [3.05, 3.63) is 16.4 Å². The Morgan fingerprint density at radius 2 is 2.29 bits per heavy atom. The molecule has 5 heteroatoms. The number of halogens is 2. The minimum Gasteiger partial charge on any atom is -0.308 e. The summed E-state index contributed by atoms with van der Waals surface area (Å²) in [5, 5.41) is 4.72. The summed E-state index contributed by atoms with van der Waals surface area (Å²) in [6.07, 6.45) is 5.43. The van der Waals surface area contributed by atoms with Gasteiger partial charge in [-0.3, -0.25) is 4.68 Å². The summed E-state index contributed by atoms with van der Waals surface area (Å²) in [5.41, 5.74) is 1.28. The highest BCUT2D eigenvalue weighted by atomic mass is 79.9. The molecule has 1 aromatic rings. The summed E-state index contributed by atoms with van der Waals surface area (Å²) in [7, 11) is 4.16. The zero-order valence-electron chi connectivity index (χ0n) is 10.4. The Kier molecular flexibility index (Phi) is 4.50. The molecule has 0 radical (unpaired) electrons. The van der Waals surface area contributed by atoms with E-state index in [0.717, 1.165) is 24.0 Å². The lowest BCUT2D eigenvalue weighted by molar-refractivity contribution is 0.366. The van der Waals surface area contributed by atoms with Crippen molar-refractivity contribution in [2.45, 2.75) is 37.1 Å². The van der Waals surface area contributed by atoms with Crippen LogP contribution in [0.5, 0.6) is 0 Å². The van der Waals surface area contributed by atoms with E-state index in [2.05, 4.69) is 44.7 Å². The predicted octanol–water partition coefficient (Wildman–Crippen LogP) is 3.08. The lowest BCUT2D eigenvalue weighted by Crippen LogP contribution is -2.22. The molecule has 0 N–H and O–H groups in total. The SMILES string of the molecule is CN(C)CCn1ncc(Br)c1C1CCCC1Cl. The predicted molar refractivity (Wildman–Crippen MR) is 74.7 cm³/mol. The van der Waals surface area contributed by atoms with Crippen LogP contribution < -0.4 is 0 Å². The standard InChI is InChI=1S/C12H19BrClN3/c1-16(2)6-7-17-12(10(13)8-15-17)9-4-3-5-11(9)14/h8-9,11H,3-7H2,1-2H3. The van der Waals surface area contributed by atoms with Gasteiger partial charge in [0.1, 0.15) is 0 Å². The van der Waals surface area contributed by atoms with Crippen LogP contribution in [0, 0.1) is 0 Å². The Balaban J connectivity index is 2.17. The molecule has 0 amide bonds. The maximum absolute atomic E-state index is 6.40. The molecule has 0 aliphatic heterocycles. The Labute approximate surface area is 116 Å². The van der Waals surface area contributed by atoms with Crippen LogP contribution in [0.4, 0.5) is 0 Å². The second-order valence-corrected chi connectivity index (χ2v) is 6.37. The second kappa shape index (κ2) is 5.72. The Bertz CT molecular complexity index is 378. The highest BCUT2D eigenvalue weighted by molar-refractivity contribution is 9.10. The topological polar surface area (TPSA) is 21.1 Å². The molecule has 1 heterocycles. The molecular formula is C12H19BrClN3. The molecule has 3 nitrogen and oxygen atoms in total. The van der Waals surface area contributed by atoms with Gasteiger partial charge in [-0.1, -0.05) is 6.42 Å². The average molecular weight is 321 g/mol. The van der Waals surface area contributed by atoms with E-state index in [1.54, 1.807) is 0 Å². The summed E-state index contributed by atoms with van der Waals surface area (Å²) in [4.78, 5) is 2.17. The summed E-state index contributed by atoms with van der Waals surface area (Å²) in [6, 6.07) is 0. The van der Waals surface area contributed by atoms with E-state index < -0.39 is 0 Å². The molecule has 2 atom stereocenters. The zero-order valence-corrected chi connectivity index (χ0v) is 12.7. The van der Waals surface area contributed by atoms with Gasteiger partial charge in [-0.15, -0.1) is 11.6 Å². The highest BCUT2D eigenvalue weighted by Gasteiger charge is 2.31. The number of hydrogen-bond donors (Lipinski definition) is 0. The second-order valence-electron chi connectivity index (χ2n) is 4.96. The lowest BCUT2D eigenvalue weighted by Gasteiger charge is -2.18. The van der Waals surface area contributed by atoms with Gasteiger partial charge in [-0.2, -0.15) is 5.10 Å². The number of likely N-dealkylation sites (N-methyl/N-ethyl adjacent to an activating group) is 1. The first-order chi connectivity index (χ1) is 8.09. The first kappa shape index (κ1) is 13.4. The third kappa shape index (κ3) is 3.04. The smallest absolute Gasteiger partial charge is 0.0635 e. The van der Waals surface area contributed by atoms with Gasteiger partial charge in [-0.25, -0.2) is 0 Å². The zero-order chi connectivity index (χ0) is 12.4. The number of alkyl halides is 1. The summed E-state index contributed by atoms with van der Waals surface area (Å²) < 4.78 is 3.21. The van der Waals surface area contributed by atoms with Gasteiger partial charge in [0, 0.05) is 17.8 Å². The first-order valence-electron chi connectivity index (χ1n) is 6.09. The van der Waals surface area contributed by atoms with E-state index in [-0.39, 0.29) is 5.38 Å². The quantitative estimate of drug-likeness (QED) is 0.795. The molecule has 1 aliphatic carbocycles. The fourth-order valence-corrected chi connectivity index (χ4v) is 3.43. The summed E-state index contributed by atoms with van der Waals surface area (Å²) in [6.45, 7) is 1.93. The van der Waals surface area contributed by atoms with Crippen molar-refractivity contribution in [2.75, 3.05) is 20.6 Å². The van der Waals surface area contributed by atoms with E-state index in [0.29, 0.717) is 5.92 Å². The van der Waals surface area contributed by atoms with Crippen LogP contribution in [0.25, 0.3) is 0 Å². The van der Waals surface area contributed by atoms with E-state index in [1.165, 1.54) is 18.5 Å². The molecule has 0 bridgehead atoms. The Morgan fingerprint density at radius 3 is 2.88 bits per heavy atom. The van der Waals surface area contributed by atoms with Crippen molar-refractivity contribution in [3.63, 3.8) is 0 Å². The Hall–Kier alpha value is -0.0600. The minimum absolute atomic E-state index is 0.265. The molecule has 96 valence electrons. The Morgan fingerprint density at radius 1 is 1.53 bits per heavy atom. The number of aromatic nitrogens is 2. The molecule has 0 spiro atoms. The molecule has 2 rings (SSSR count). The summed E-state index contributed by atoms with van der Waals surface area (Å²) >= 11 is 10.0. The number of hydrogen-bond acceptors (Lipinski definition) is 2. The van der Waals surface area contributed by atoms with E-state index in [4.69, 9.17) is 11.6 Å². The van der Waals surface area contributed by atoms with Crippen molar-refractivity contribution in [1.29, 1.82) is 0 Å². The van der Waals surface area contributed by atoms with Crippen LogP contribution in [0.15, 0.2) is 10.7 Å². The molecule has 1 aliphatic rings. The van der Waals surface area contributed by atoms with Crippen molar-refractivity contribution >= 4 is 27.5 Å². The van der Waals surface area contributed by atoms with Crippen molar-refractivity contribution in [1.82, 2.24) is 14.7 Å². The number of rotatable bonds is 4. The maximum atomic E-state index is 6.40. The lowest BCUT2D eigenvalue weighted by atomic mass is 10.0. The van der Waals surface area contributed by atoms with E-state index >= 15 is 0 Å². The average Bonchev–Trinajstić information content (AvgIpc) is 2.82. The molecule has 0 saturated heterocycles. The molecule has 1 saturated carbocycles. The highest BCUT2D eigenvalue weighted by Crippen LogP contribution is 2.40. The van der Waals surface area contributed by atoms with Crippen LogP contribution in [0.3, 0.4) is 0 Å². The first-order valence-corrected chi connectivity index (χ1v) is 7.32. The van der Waals surface area contributed by atoms with Gasteiger partial charge < -0.3 is 4.90 Å². The van der Waals surface area contributed by atoms with Crippen LogP contribution in [0.1, 0.15) is 30.9 Å². The van der Waals surface area contributed by atoms with Gasteiger partial charge in [0.25, 0.3) is 0 Å². The third-order valence-electron chi connectivity index (χ3n) is 3.38. The molecular weight excluding hydrogens is 302 g/mol. The van der Waals surface area contributed by atoms with Crippen molar-refractivity contribution in [2.24, 2.45) is 0 Å². The molecule has 1 aromatic heterocycles. The number of nitrogens with zero attached hydrogens (tertiary/aromatic N) is 3. The van der Waals surface area contributed by atoms with Crippen molar-refractivity contribution in [3.8, 4) is 0 Å². The molecule has 1 fully saturated rings. The van der Waals surface area contributed by atoms with Gasteiger partial charge in [0.2, 0.25) is 0 Å². The normalized spacial score (nSPS) is 24.8. The van der Waals surface area contributed by atoms with E-state index in [9.17, 15) is 0 Å². The van der Waals surface area contributed by atoms with Gasteiger partial charge in [0.05, 0.1) is 22.9 Å². The molecule has 2 unspecified atom stereocenters. The van der Waals surface area contributed by atoms with Gasteiger partial charge >= 0.3 is 0 Å². The van der Waals surface area contributed by atoms with Crippen molar-refractivity contribution < 1.29 is 0 Å². The largest absolute Gasteiger partial charge is 0.308 e. The monoisotopic (exact) mass is 319 g/mol. The van der Waals surface area contributed by atoms with E-state index in [1.807, 2.05) is 6.20 Å². The van der Waals surface area contributed by atoms with Gasteiger partial charge in [-0.05, 0) is 42.9 Å². The van der Waals surface area contributed by atoms with Gasteiger partial charge in [0.15, 0.2) is 0 Å². The minimum atomic E-state index is 0.265. The maximum Gasteiger partial charge on any atom is 0.0635 e. The van der Waals surface area contributed by atoms with Crippen LogP contribution >= 0.6 is 27.5 Å².